The van der Waals surface area contributed by atoms with Crippen LogP contribution >= 0.6 is 11.3 Å². The highest BCUT2D eigenvalue weighted by Gasteiger charge is 2.22. The third-order valence-corrected chi connectivity index (χ3v) is 6.30. The SMILES string of the molecule is CCCOc1ccc(C=CC(=O)Nc2scc(-c3ccc(C)c(C)c3)c2C(=O)OCC)cc1OC. The second-order valence-corrected chi connectivity index (χ2v) is 8.83. The Morgan fingerprint density at radius 1 is 1.03 bits per heavy atom. The summed E-state index contributed by atoms with van der Waals surface area (Å²) < 4.78 is 16.4. The number of anilines is 1. The lowest BCUT2D eigenvalue weighted by atomic mass is 9.99. The number of hydrogen-bond acceptors (Lipinski definition) is 6. The van der Waals surface area contributed by atoms with E-state index in [-0.39, 0.29) is 12.5 Å². The van der Waals surface area contributed by atoms with Gasteiger partial charge in [-0.3, -0.25) is 4.79 Å². The molecule has 6 nitrogen and oxygen atoms in total. The summed E-state index contributed by atoms with van der Waals surface area (Å²) in [4.78, 5) is 25.5. The molecule has 0 aliphatic rings. The number of hydrogen-bond donors (Lipinski definition) is 1. The van der Waals surface area contributed by atoms with Gasteiger partial charge in [0, 0.05) is 17.0 Å². The van der Waals surface area contributed by atoms with Gasteiger partial charge in [-0.2, -0.15) is 0 Å². The normalized spacial score (nSPS) is 10.9. The summed E-state index contributed by atoms with van der Waals surface area (Å²) >= 11 is 1.30. The molecular weight excluding hydrogens is 462 g/mol. The molecule has 0 unspecified atom stereocenters. The molecule has 0 spiro atoms. The van der Waals surface area contributed by atoms with E-state index in [9.17, 15) is 9.59 Å². The largest absolute Gasteiger partial charge is 0.493 e. The first-order valence-corrected chi connectivity index (χ1v) is 12.4. The van der Waals surface area contributed by atoms with E-state index >= 15 is 0 Å². The summed E-state index contributed by atoms with van der Waals surface area (Å²) in [5, 5.41) is 5.16. The minimum absolute atomic E-state index is 0.244. The first kappa shape index (κ1) is 26.0. The molecule has 0 aliphatic heterocycles. The highest BCUT2D eigenvalue weighted by molar-refractivity contribution is 7.15. The first-order chi connectivity index (χ1) is 16.9. The van der Waals surface area contributed by atoms with Crippen LogP contribution in [-0.2, 0) is 9.53 Å². The van der Waals surface area contributed by atoms with Gasteiger partial charge >= 0.3 is 5.97 Å². The zero-order chi connectivity index (χ0) is 25.4. The van der Waals surface area contributed by atoms with Crippen LogP contribution in [0.15, 0.2) is 47.9 Å². The molecule has 1 amide bonds. The van der Waals surface area contributed by atoms with Gasteiger partial charge in [0.1, 0.15) is 10.6 Å². The summed E-state index contributed by atoms with van der Waals surface area (Å²) in [6.45, 7) is 8.70. The number of carbonyl (C=O) groups excluding carboxylic acids is 2. The third kappa shape index (κ3) is 6.51. The number of ether oxygens (including phenoxy) is 3. The van der Waals surface area contributed by atoms with Gasteiger partial charge in [-0.15, -0.1) is 11.3 Å². The van der Waals surface area contributed by atoms with Crippen LogP contribution < -0.4 is 14.8 Å². The minimum Gasteiger partial charge on any atom is -0.493 e. The van der Waals surface area contributed by atoms with E-state index in [4.69, 9.17) is 14.2 Å². The third-order valence-electron chi connectivity index (χ3n) is 5.40. The van der Waals surface area contributed by atoms with E-state index in [0.717, 1.165) is 28.7 Å². The number of nitrogens with one attached hydrogen (secondary N) is 1. The van der Waals surface area contributed by atoms with Crippen molar-refractivity contribution in [1.29, 1.82) is 0 Å². The molecule has 0 fully saturated rings. The molecule has 1 aromatic heterocycles. The highest BCUT2D eigenvalue weighted by atomic mass is 32.1. The van der Waals surface area contributed by atoms with E-state index in [1.165, 1.54) is 23.0 Å². The average Bonchev–Trinajstić information content (AvgIpc) is 3.26. The predicted molar refractivity (Wildman–Crippen MR) is 142 cm³/mol. The van der Waals surface area contributed by atoms with Crippen LogP contribution in [0.3, 0.4) is 0 Å². The molecular formula is C28H31NO5S. The smallest absolute Gasteiger partial charge is 0.341 e. The van der Waals surface area contributed by atoms with Crippen molar-refractivity contribution in [2.24, 2.45) is 0 Å². The second kappa shape index (κ2) is 12.2. The van der Waals surface area contributed by atoms with Crippen molar-refractivity contribution >= 4 is 34.3 Å². The number of benzene rings is 2. The van der Waals surface area contributed by atoms with Gasteiger partial charge in [-0.25, -0.2) is 4.79 Å². The van der Waals surface area contributed by atoms with Gasteiger partial charge in [0.25, 0.3) is 0 Å². The fourth-order valence-corrected chi connectivity index (χ4v) is 4.38. The Balaban J connectivity index is 1.83. The maximum Gasteiger partial charge on any atom is 0.341 e. The molecule has 35 heavy (non-hydrogen) atoms. The zero-order valence-corrected chi connectivity index (χ0v) is 21.6. The van der Waals surface area contributed by atoms with E-state index in [1.807, 2.05) is 62.5 Å². The fraction of sp³-hybridized carbons (Fsp3) is 0.286. The van der Waals surface area contributed by atoms with Crippen LogP contribution in [-0.4, -0.2) is 32.2 Å². The molecule has 0 saturated heterocycles. The van der Waals surface area contributed by atoms with Gasteiger partial charge in [0.15, 0.2) is 11.5 Å². The number of aryl methyl sites for hydroxylation is 2. The fourth-order valence-electron chi connectivity index (χ4n) is 3.42. The van der Waals surface area contributed by atoms with Gasteiger partial charge in [-0.1, -0.05) is 31.2 Å². The predicted octanol–water partition coefficient (Wildman–Crippen LogP) is 6.66. The maximum atomic E-state index is 12.8. The Morgan fingerprint density at radius 3 is 2.51 bits per heavy atom. The van der Waals surface area contributed by atoms with Gasteiger partial charge in [0.05, 0.1) is 20.3 Å². The summed E-state index contributed by atoms with van der Waals surface area (Å²) in [6.07, 6.45) is 4.00. The van der Waals surface area contributed by atoms with Gasteiger partial charge in [-0.05, 0) is 67.7 Å². The van der Waals surface area contributed by atoms with Crippen LogP contribution in [0.5, 0.6) is 11.5 Å². The van der Waals surface area contributed by atoms with Crippen molar-refractivity contribution < 1.29 is 23.8 Å². The number of methoxy groups -OCH3 is 1. The van der Waals surface area contributed by atoms with Gasteiger partial charge in [0.2, 0.25) is 5.91 Å². The molecule has 0 radical (unpaired) electrons. The number of amides is 1. The van der Waals surface area contributed by atoms with Crippen LogP contribution in [0.1, 0.15) is 47.3 Å². The molecule has 1 N–H and O–H groups in total. The average molecular weight is 494 g/mol. The van der Waals surface area contributed by atoms with Crippen LogP contribution in [0, 0.1) is 13.8 Å². The number of esters is 1. The van der Waals surface area contributed by atoms with E-state index in [2.05, 4.69) is 5.32 Å². The molecule has 3 aromatic rings. The maximum absolute atomic E-state index is 12.8. The Kier molecular flexibility index (Phi) is 9.09. The molecule has 184 valence electrons. The first-order valence-electron chi connectivity index (χ1n) is 11.5. The molecule has 0 saturated carbocycles. The molecule has 3 rings (SSSR count). The molecule has 2 aromatic carbocycles. The van der Waals surface area contributed by atoms with Crippen molar-refractivity contribution in [1.82, 2.24) is 0 Å². The summed E-state index contributed by atoms with van der Waals surface area (Å²) in [5.41, 5.74) is 5.08. The van der Waals surface area contributed by atoms with Crippen molar-refractivity contribution in [3.63, 3.8) is 0 Å². The van der Waals surface area contributed by atoms with Crippen LogP contribution in [0.25, 0.3) is 17.2 Å². The summed E-state index contributed by atoms with van der Waals surface area (Å²) in [7, 11) is 1.58. The number of thiophene rings is 1. The number of carbonyl (C=O) groups is 2. The molecule has 0 atom stereocenters. The van der Waals surface area contributed by atoms with Crippen LogP contribution in [0.2, 0.25) is 0 Å². The van der Waals surface area contributed by atoms with Gasteiger partial charge < -0.3 is 19.5 Å². The Bertz CT molecular complexity index is 1230. The van der Waals surface area contributed by atoms with Crippen molar-refractivity contribution in [2.45, 2.75) is 34.1 Å². The molecule has 7 heteroatoms. The lowest BCUT2D eigenvalue weighted by Gasteiger charge is -2.10. The lowest BCUT2D eigenvalue weighted by Crippen LogP contribution is -2.12. The molecule has 0 aliphatic carbocycles. The Morgan fingerprint density at radius 2 is 1.83 bits per heavy atom. The summed E-state index contributed by atoms with van der Waals surface area (Å²) in [5.74, 6) is 0.442. The highest BCUT2D eigenvalue weighted by Crippen LogP contribution is 2.37. The molecule has 1 heterocycles. The van der Waals surface area contributed by atoms with Crippen molar-refractivity contribution in [2.75, 3.05) is 25.6 Å². The quantitative estimate of drug-likeness (QED) is 0.253. The van der Waals surface area contributed by atoms with Crippen molar-refractivity contribution in [3.05, 3.63) is 70.1 Å². The van der Waals surface area contributed by atoms with E-state index in [0.29, 0.717) is 28.7 Å². The topological polar surface area (TPSA) is 73.9 Å². The van der Waals surface area contributed by atoms with E-state index < -0.39 is 5.97 Å². The Hall–Kier alpha value is -3.58. The second-order valence-electron chi connectivity index (χ2n) is 7.95. The zero-order valence-electron chi connectivity index (χ0n) is 20.8. The standard InChI is InChI=1S/C28H31NO5S/c1-6-14-34-23-12-9-20(16-24(23)32-5)10-13-25(30)29-27-26(28(31)33-7-2)22(17-35-27)21-11-8-18(3)19(4)15-21/h8-13,15-17H,6-7,14H2,1-5H3,(H,29,30). The number of rotatable bonds is 10. The monoisotopic (exact) mass is 493 g/mol. The molecule has 0 bridgehead atoms. The van der Waals surface area contributed by atoms with E-state index in [1.54, 1.807) is 20.1 Å². The lowest BCUT2D eigenvalue weighted by molar-refractivity contribution is -0.111. The Labute approximate surface area is 210 Å². The minimum atomic E-state index is -0.464. The van der Waals surface area contributed by atoms with Crippen molar-refractivity contribution in [3.8, 4) is 22.6 Å². The van der Waals surface area contributed by atoms with Crippen LogP contribution in [0.4, 0.5) is 5.00 Å². The summed E-state index contributed by atoms with van der Waals surface area (Å²) in [6, 6.07) is 11.5.